The molecule has 1 heterocycles. The molecular formula is C24H21N3O3S. The molecule has 0 aliphatic heterocycles. The molecule has 0 unspecified atom stereocenters. The van der Waals surface area contributed by atoms with Crippen molar-refractivity contribution in [2.24, 2.45) is 0 Å². The first kappa shape index (κ1) is 20.8. The van der Waals surface area contributed by atoms with Crippen molar-refractivity contribution in [2.45, 2.75) is 25.5 Å². The largest absolute Gasteiger partial charge is 0.326 e. The average molecular weight is 432 g/mol. The van der Waals surface area contributed by atoms with Gasteiger partial charge in [0.15, 0.2) is 10.9 Å². The maximum atomic E-state index is 13.1. The highest BCUT2D eigenvalue weighted by Gasteiger charge is 2.14. The third-order valence-electron chi connectivity index (χ3n) is 4.96. The molecule has 7 heteroatoms. The summed E-state index contributed by atoms with van der Waals surface area (Å²) in [5, 5.41) is 5.79. The van der Waals surface area contributed by atoms with Gasteiger partial charge in [-0.15, -0.1) is 0 Å². The predicted molar refractivity (Wildman–Crippen MR) is 125 cm³/mol. The average Bonchev–Trinajstić information content (AvgIpc) is 2.76. The fraction of sp³-hybridized carbons (Fsp3) is 0.167. The van der Waals surface area contributed by atoms with E-state index in [4.69, 9.17) is 4.98 Å². The topological polar surface area (TPSA) is 81.1 Å². The number of Topliss-reactive ketones (excluding diaryl/α,β-unsaturated/α-hetero) is 1. The summed E-state index contributed by atoms with van der Waals surface area (Å²) < 4.78 is 1.61. The van der Waals surface area contributed by atoms with Crippen LogP contribution in [0.25, 0.3) is 21.7 Å². The van der Waals surface area contributed by atoms with Gasteiger partial charge in [-0.25, -0.2) is 4.98 Å². The zero-order valence-electron chi connectivity index (χ0n) is 17.2. The van der Waals surface area contributed by atoms with Crippen molar-refractivity contribution in [1.82, 2.24) is 9.55 Å². The first-order valence-corrected chi connectivity index (χ1v) is 10.9. The normalized spacial score (nSPS) is 11.0. The van der Waals surface area contributed by atoms with Crippen molar-refractivity contribution in [3.05, 3.63) is 76.6 Å². The Hall–Kier alpha value is -3.45. The molecule has 0 aliphatic rings. The molecular weight excluding hydrogens is 410 g/mol. The molecule has 1 aromatic heterocycles. The van der Waals surface area contributed by atoms with E-state index in [0.29, 0.717) is 33.9 Å². The molecule has 0 spiro atoms. The highest BCUT2D eigenvalue weighted by molar-refractivity contribution is 7.99. The molecule has 156 valence electrons. The second-order valence-corrected chi connectivity index (χ2v) is 8.07. The van der Waals surface area contributed by atoms with Crippen molar-refractivity contribution in [3.63, 3.8) is 0 Å². The number of fused-ring (bicyclic) bond motifs is 2. The van der Waals surface area contributed by atoms with Gasteiger partial charge in [-0.2, -0.15) is 0 Å². The minimum atomic E-state index is -0.165. The molecule has 0 fully saturated rings. The lowest BCUT2D eigenvalue weighted by Crippen LogP contribution is -2.23. The molecule has 4 rings (SSSR count). The number of hydrogen-bond donors (Lipinski definition) is 1. The smallest absolute Gasteiger partial charge is 0.262 e. The second kappa shape index (κ2) is 8.73. The van der Waals surface area contributed by atoms with Gasteiger partial charge in [-0.1, -0.05) is 36.0 Å². The third kappa shape index (κ3) is 4.36. The van der Waals surface area contributed by atoms with Gasteiger partial charge in [0.05, 0.1) is 16.7 Å². The van der Waals surface area contributed by atoms with E-state index >= 15 is 0 Å². The summed E-state index contributed by atoms with van der Waals surface area (Å²) in [4.78, 5) is 41.5. The molecule has 0 radical (unpaired) electrons. The molecule has 0 saturated heterocycles. The van der Waals surface area contributed by atoms with E-state index in [-0.39, 0.29) is 23.0 Å². The number of carbonyl (C=O) groups excluding carboxylic acids is 2. The van der Waals surface area contributed by atoms with Crippen LogP contribution in [0.4, 0.5) is 5.69 Å². The Balaban J connectivity index is 1.61. The first-order chi connectivity index (χ1) is 15.0. The van der Waals surface area contributed by atoms with Gasteiger partial charge in [0.1, 0.15) is 0 Å². The number of carbonyl (C=O) groups is 2. The Morgan fingerprint density at radius 2 is 1.71 bits per heavy atom. The number of nitrogens with one attached hydrogen (secondary N) is 1. The lowest BCUT2D eigenvalue weighted by Gasteiger charge is -2.12. The molecule has 3 aromatic carbocycles. The third-order valence-corrected chi connectivity index (χ3v) is 5.94. The van der Waals surface area contributed by atoms with Crippen LogP contribution in [0, 0.1) is 0 Å². The summed E-state index contributed by atoms with van der Waals surface area (Å²) in [6.07, 6.45) is 0. The molecule has 1 amide bonds. The number of rotatable bonds is 6. The highest BCUT2D eigenvalue weighted by Crippen LogP contribution is 2.23. The van der Waals surface area contributed by atoms with Crippen LogP contribution < -0.4 is 10.9 Å². The number of ketones is 1. The molecule has 0 saturated carbocycles. The van der Waals surface area contributed by atoms with Crippen LogP contribution in [0.3, 0.4) is 0 Å². The number of nitrogens with zero attached hydrogens (tertiary/aromatic N) is 2. The minimum absolute atomic E-state index is 0.0742. The van der Waals surface area contributed by atoms with E-state index in [1.807, 2.05) is 43.3 Å². The van der Waals surface area contributed by atoms with Crippen LogP contribution in [0.15, 0.2) is 70.6 Å². The Kier molecular flexibility index (Phi) is 5.86. The number of thioether (sulfide) groups is 1. The van der Waals surface area contributed by atoms with Crippen molar-refractivity contribution in [2.75, 3.05) is 11.1 Å². The van der Waals surface area contributed by atoms with Crippen LogP contribution >= 0.6 is 11.8 Å². The summed E-state index contributed by atoms with van der Waals surface area (Å²) in [6, 6.07) is 18.4. The summed E-state index contributed by atoms with van der Waals surface area (Å²) >= 11 is 1.26. The van der Waals surface area contributed by atoms with Gasteiger partial charge >= 0.3 is 0 Å². The zero-order valence-corrected chi connectivity index (χ0v) is 18.0. The second-order valence-electron chi connectivity index (χ2n) is 7.13. The van der Waals surface area contributed by atoms with E-state index < -0.39 is 0 Å². The van der Waals surface area contributed by atoms with Crippen molar-refractivity contribution in [3.8, 4) is 0 Å². The van der Waals surface area contributed by atoms with E-state index in [0.717, 1.165) is 10.8 Å². The predicted octanol–water partition coefficient (Wildman–Crippen LogP) is 4.50. The molecule has 1 N–H and O–H groups in total. The van der Waals surface area contributed by atoms with Gasteiger partial charge in [-0.05, 0) is 54.1 Å². The van der Waals surface area contributed by atoms with Gasteiger partial charge in [0.25, 0.3) is 5.56 Å². The van der Waals surface area contributed by atoms with Crippen LogP contribution in [0.1, 0.15) is 24.2 Å². The van der Waals surface area contributed by atoms with Crippen molar-refractivity contribution >= 4 is 50.8 Å². The molecule has 6 nitrogen and oxygen atoms in total. The lowest BCUT2D eigenvalue weighted by atomic mass is 10.1. The number of anilines is 1. The van der Waals surface area contributed by atoms with Gasteiger partial charge < -0.3 is 5.32 Å². The Bertz CT molecular complexity index is 1360. The van der Waals surface area contributed by atoms with E-state index in [2.05, 4.69) is 5.32 Å². The fourth-order valence-corrected chi connectivity index (χ4v) is 4.39. The first-order valence-electron chi connectivity index (χ1n) is 9.93. The summed E-state index contributed by atoms with van der Waals surface area (Å²) in [6.45, 7) is 3.79. The van der Waals surface area contributed by atoms with Crippen molar-refractivity contribution in [1.29, 1.82) is 0 Å². The van der Waals surface area contributed by atoms with E-state index in [1.165, 1.54) is 18.7 Å². The molecule has 4 aromatic rings. The minimum Gasteiger partial charge on any atom is -0.326 e. The van der Waals surface area contributed by atoms with Crippen LogP contribution in [0.2, 0.25) is 0 Å². The zero-order chi connectivity index (χ0) is 22.0. The van der Waals surface area contributed by atoms with Gasteiger partial charge in [0, 0.05) is 24.7 Å². The van der Waals surface area contributed by atoms with Crippen molar-refractivity contribution < 1.29 is 9.59 Å². The molecule has 31 heavy (non-hydrogen) atoms. The number of hydrogen-bond acceptors (Lipinski definition) is 5. The van der Waals surface area contributed by atoms with Crippen LogP contribution in [-0.2, 0) is 11.3 Å². The highest BCUT2D eigenvalue weighted by atomic mass is 32.2. The van der Waals surface area contributed by atoms with Gasteiger partial charge in [-0.3, -0.25) is 19.0 Å². The standard InChI is InChI=1S/C24H21N3O3S/c1-3-27-23(30)20-12-17-6-4-5-7-18(17)13-21(20)26-24(27)31-14-22(29)16-8-10-19(11-9-16)25-15(2)28/h4-13H,3,14H2,1-2H3,(H,25,28). The van der Waals surface area contributed by atoms with E-state index in [9.17, 15) is 14.4 Å². The van der Waals surface area contributed by atoms with Crippen LogP contribution in [0.5, 0.6) is 0 Å². The maximum Gasteiger partial charge on any atom is 0.262 e. The van der Waals surface area contributed by atoms with E-state index in [1.54, 1.807) is 28.8 Å². The monoisotopic (exact) mass is 431 g/mol. The van der Waals surface area contributed by atoms with Crippen LogP contribution in [-0.4, -0.2) is 27.0 Å². The SMILES string of the molecule is CCn1c(SCC(=O)c2ccc(NC(C)=O)cc2)nc2cc3ccccc3cc2c1=O. The molecule has 0 aliphatic carbocycles. The number of benzene rings is 3. The summed E-state index contributed by atoms with van der Waals surface area (Å²) in [5.74, 6) is -0.0809. The quantitative estimate of drug-likeness (QED) is 0.210. The Morgan fingerprint density at radius 1 is 1.03 bits per heavy atom. The van der Waals surface area contributed by atoms with Gasteiger partial charge in [0.2, 0.25) is 5.91 Å². The molecule has 0 atom stereocenters. The maximum absolute atomic E-state index is 13.1. The fourth-order valence-electron chi connectivity index (χ4n) is 3.43. The lowest BCUT2D eigenvalue weighted by molar-refractivity contribution is -0.114. The Morgan fingerprint density at radius 3 is 2.35 bits per heavy atom. The summed E-state index contributed by atoms with van der Waals surface area (Å²) in [5.41, 5.74) is 1.70. The number of aromatic nitrogens is 2. The number of amides is 1. The molecule has 0 bridgehead atoms. The summed E-state index contributed by atoms with van der Waals surface area (Å²) in [7, 11) is 0. The Labute approximate surface area is 183 Å².